The maximum Gasteiger partial charge on any atom is 0.241 e. The number of fused-ring (bicyclic) bond motifs is 1. The number of benzene rings is 2. The number of sulfonamides is 1. The summed E-state index contributed by atoms with van der Waals surface area (Å²) in [4.78, 5) is 0.273. The molecule has 6 heteroatoms. The van der Waals surface area contributed by atoms with E-state index >= 15 is 0 Å². The van der Waals surface area contributed by atoms with Crippen molar-refractivity contribution in [3.8, 4) is 11.5 Å². The SMILES string of the molecule is CCCc1ccc(S(=O)(=O)N[C@@H](C)c2ccc3c(c2)OCO3)cc1. The summed E-state index contributed by atoms with van der Waals surface area (Å²) in [6.07, 6.45) is 1.98. The van der Waals surface area contributed by atoms with Crippen molar-refractivity contribution in [3.63, 3.8) is 0 Å². The van der Waals surface area contributed by atoms with E-state index in [2.05, 4.69) is 11.6 Å². The summed E-state index contributed by atoms with van der Waals surface area (Å²) in [5, 5.41) is 0. The standard InChI is InChI=1S/C18H21NO4S/c1-3-4-14-5-8-16(9-6-14)24(20,21)19-13(2)15-7-10-17-18(11-15)23-12-22-17/h5-11,13,19H,3-4,12H2,1-2H3/t13-/m0/s1. The molecule has 0 saturated carbocycles. The van der Waals surface area contributed by atoms with Crippen LogP contribution in [0.4, 0.5) is 0 Å². The smallest absolute Gasteiger partial charge is 0.241 e. The van der Waals surface area contributed by atoms with Gasteiger partial charge in [-0.15, -0.1) is 0 Å². The van der Waals surface area contributed by atoms with Crippen LogP contribution in [-0.4, -0.2) is 15.2 Å². The van der Waals surface area contributed by atoms with Crippen LogP contribution in [-0.2, 0) is 16.4 Å². The zero-order valence-electron chi connectivity index (χ0n) is 13.8. The van der Waals surface area contributed by atoms with E-state index < -0.39 is 10.0 Å². The van der Waals surface area contributed by atoms with Gasteiger partial charge >= 0.3 is 0 Å². The van der Waals surface area contributed by atoms with Crippen LogP contribution in [0.5, 0.6) is 11.5 Å². The van der Waals surface area contributed by atoms with Crippen LogP contribution in [0, 0.1) is 0 Å². The second-order valence-corrected chi connectivity index (χ2v) is 7.56. The third-order valence-electron chi connectivity index (χ3n) is 4.00. The Bertz CT molecular complexity index is 815. The van der Waals surface area contributed by atoms with Crippen molar-refractivity contribution in [3.05, 3.63) is 53.6 Å². The van der Waals surface area contributed by atoms with Crippen LogP contribution >= 0.6 is 0 Å². The molecule has 0 unspecified atom stereocenters. The molecule has 0 aliphatic carbocycles. The topological polar surface area (TPSA) is 64.6 Å². The van der Waals surface area contributed by atoms with Crippen molar-refractivity contribution < 1.29 is 17.9 Å². The van der Waals surface area contributed by atoms with Gasteiger partial charge < -0.3 is 9.47 Å². The van der Waals surface area contributed by atoms with Gasteiger partial charge in [-0.25, -0.2) is 13.1 Å². The van der Waals surface area contributed by atoms with E-state index in [1.165, 1.54) is 0 Å². The van der Waals surface area contributed by atoms with Crippen LogP contribution in [0.3, 0.4) is 0 Å². The minimum absolute atomic E-state index is 0.197. The summed E-state index contributed by atoms with van der Waals surface area (Å²) in [7, 11) is -3.58. The molecule has 1 aliphatic rings. The van der Waals surface area contributed by atoms with Gasteiger partial charge in [-0.05, 0) is 48.7 Å². The van der Waals surface area contributed by atoms with Crippen molar-refractivity contribution in [2.75, 3.05) is 6.79 Å². The van der Waals surface area contributed by atoms with Gasteiger partial charge in [0.05, 0.1) is 4.90 Å². The Morgan fingerprint density at radius 2 is 1.79 bits per heavy atom. The van der Waals surface area contributed by atoms with E-state index in [9.17, 15) is 8.42 Å². The largest absolute Gasteiger partial charge is 0.454 e. The second-order valence-electron chi connectivity index (χ2n) is 5.85. The molecular formula is C18H21NO4S. The number of nitrogens with one attached hydrogen (secondary N) is 1. The first kappa shape index (κ1) is 16.8. The Kier molecular flexibility index (Phi) is 4.78. The third kappa shape index (κ3) is 3.55. The number of rotatable bonds is 6. The fourth-order valence-electron chi connectivity index (χ4n) is 2.68. The van der Waals surface area contributed by atoms with Crippen LogP contribution < -0.4 is 14.2 Å². The lowest BCUT2D eigenvalue weighted by atomic mass is 10.1. The van der Waals surface area contributed by atoms with Gasteiger partial charge in [0.15, 0.2) is 11.5 Å². The Hall–Kier alpha value is -2.05. The first-order chi connectivity index (χ1) is 11.5. The molecule has 1 aliphatic heterocycles. The van der Waals surface area contributed by atoms with E-state index in [0.717, 1.165) is 24.0 Å². The fourth-order valence-corrected chi connectivity index (χ4v) is 3.91. The average molecular weight is 347 g/mol. The number of aryl methyl sites for hydroxylation is 1. The number of hydrogen-bond donors (Lipinski definition) is 1. The van der Waals surface area contributed by atoms with Crippen LogP contribution in [0.15, 0.2) is 47.4 Å². The highest BCUT2D eigenvalue weighted by Gasteiger charge is 2.21. The number of ether oxygens (including phenoxy) is 2. The molecule has 3 rings (SSSR count). The van der Waals surface area contributed by atoms with E-state index in [-0.39, 0.29) is 17.7 Å². The van der Waals surface area contributed by atoms with Crippen molar-refractivity contribution in [1.82, 2.24) is 4.72 Å². The minimum atomic E-state index is -3.58. The molecule has 24 heavy (non-hydrogen) atoms. The van der Waals surface area contributed by atoms with Crippen LogP contribution in [0.25, 0.3) is 0 Å². The average Bonchev–Trinajstić information content (AvgIpc) is 3.03. The highest BCUT2D eigenvalue weighted by atomic mass is 32.2. The molecule has 1 heterocycles. The Labute approximate surface area is 142 Å². The van der Waals surface area contributed by atoms with Gasteiger partial charge in [0.2, 0.25) is 16.8 Å². The fraction of sp³-hybridized carbons (Fsp3) is 0.333. The van der Waals surface area contributed by atoms with Crippen molar-refractivity contribution in [2.24, 2.45) is 0 Å². The van der Waals surface area contributed by atoms with Gasteiger partial charge in [0, 0.05) is 6.04 Å². The Balaban J connectivity index is 1.76. The highest BCUT2D eigenvalue weighted by molar-refractivity contribution is 7.89. The van der Waals surface area contributed by atoms with Crippen molar-refractivity contribution in [1.29, 1.82) is 0 Å². The molecule has 1 atom stereocenters. The van der Waals surface area contributed by atoms with E-state index in [0.29, 0.717) is 11.5 Å². The van der Waals surface area contributed by atoms with Crippen LogP contribution in [0.2, 0.25) is 0 Å². The molecule has 2 aromatic carbocycles. The lowest BCUT2D eigenvalue weighted by molar-refractivity contribution is 0.174. The van der Waals surface area contributed by atoms with Gasteiger partial charge in [0.1, 0.15) is 0 Å². The zero-order chi connectivity index (χ0) is 17.2. The van der Waals surface area contributed by atoms with Crippen LogP contribution in [0.1, 0.15) is 37.4 Å². The van der Waals surface area contributed by atoms with Gasteiger partial charge in [-0.2, -0.15) is 0 Å². The zero-order valence-corrected chi connectivity index (χ0v) is 14.6. The molecule has 0 amide bonds. The lowest BCUT2D eigenvalue weighted by Gasteiger charge is -2.15. The first-order valence-corrected chi connectivity index (χ1v) is 9.49. The van der Waals surface area contributed by atoms with Gasteiger partial charge in [-0.1, -0.05) is 31.5 Å². The maximum atomic E-state index is 12.6. The molecule has 1 N–H and O–H groups in total. The Morgan fingerprint density at radius 3 is 2.50 bits per heavy atom. The lowest BCUT2D eigenvalue weighted by Crippen LogP contribution is -2.26. The summed E-state index contributed by atoms with van der Waals surface area (Å²) in [5.74, 6) is 1.32. The molecule has 0 radical (unpaired) electrons. The minimum Gasteiger partial charge on any atom is -0.454 e. The van der Waals surface area contributed by atoms with E-state index in [1.54, 1.807) is 31.2 Å². The molecule has 0 spiro atoms. The summed E-state index contributed by atoms with van der Waals surface area (Å²) in [5.41, 5.74) is 1.96. The molecular weight excluding hydrogens is 326 g/mol. The number of hydrogen-bond acceptors (Lipinski definition) is 4. The first-order valence-electron chi connectivity index (χ1n) is 8.00. The predicted octanol–water partition coefficient (Wildman–Crippen LogP) is 3.41. The summed E-state index contributed by atoms with van der Waals surface area (Å²) < 4.78 is 38.4. The molecule has 2 aromatic rings. The molecule has 0 fully saturated rings. The maximum absolute atomic E-state index is 12.6. The van der Waals surface area contributed by atoms with E-state index in [1.807, 2.05) is 18.2 Å². The van der Waals surface area contributed by atoms with Gasteiger partial charge in [0.25, 0.3) is 0 Å². The molecule has 5 nitrogen and oxygen atoms in total. The third-order valence-corrected chi connectivity index (χ3v) is 5.56. The highest BCUT2D eigenvalue weighted by Crippen LogP contribution is 2.34. The normalized spacial score (nSPS) is 14.6. The molecule has 0 bridgehead atoms. The summed E-state index contributed by atoms with van der Waals surface area (Å²) in [6, 6.07) is 12.1. The van der Waals surface area contributed by atoms with E-state index in [4.69, 9.17) is 9.47 Å². The quantitative estimate of drug-likeness (QED) is 0.870. The predicted molar refractivity (Wildman–Crippen MR) is 91.7 cm³/mol. The monoisotopic (exact) mass is 347 g/mol. The molecule has 128 valence electrons. The summed E-state index contributed by atoms with van der Waals surface area (Å²) >= 11 is 0. The van der Waals surface area contributed by atoms with Gasteiger partial charge in [-0.3, -0.25) is 0 Å². The van der Waals surface area contributed by atoms with Crippen molar-refractivity contribution >= 4 is 10.0 Å². The Morgan fingerprint density at radius 1 is 1.08 bits per heavy atom. The van der Waals surface area contributed by atoms with Crippen molar-refractivity contribution in [2.45, 2.75) is 37.6 Å². The summed E-state index contributed by atoms with van der Waals surface area (Å²) in [6.45, 7) is 4.10. The molecule has 0 saturated heterocycles. The second kappa shape index (κ2) is 6.83. The molecule has 0 aromatic heterocycles.